The second kappa shape index (κ2) is 13.8. The number of amides is 2. The number of rotatable bonds is 15. The van der Waals surface area contributed by atoms with E-state index in [0.717, 1.165) is 12.8 Å². The van der Waals surface area contributed by atoms with Gasteiger partial charge in [0.25, 0.3) is 0 Å². The van der Waals surface area contributed by atoms with Crippen molar-refractivity contribution in [1.29, 1.82) is 0 Å². The molecule has 0 saturated heterocycles. The molecule has 0 heterocycles. The van der Waals surface area contributed by atoms with Crippen molar-refractivity contribution in [3.8, 4) is 0 Å². The summed E-state index contributed by atoms with van der Waals surface area (Å²) in [5.41, 5.74) is 0. The maximum Gasteiger partial charge on any atom is 0.472 e. The van der Waals surface area contributed by atoms with Gasteiger partial charge in [0.15, 0.2) is 0 Å². The Balaban J connectivity index is 4.61. The number of ether oxygens (including phenoxy) is 1. The molecule has 9 nitrogen and oxygen atoms in total. The Morgan fingerprint density at radius 3 is 2.26 bits per heavy atom. The van der Waals surface area contributed by atoms with Crippen molar-refractivity contribution in [1.82, 2.24) is 10.2 Å². The molecule has 2 unspecified atom stereocenters. The minimum absolute atomic E-state index is 0.151. The molecule has 0 spiro atoms. The van der Waals surface area contributed by atoms with E-state index in [1.54, 1.807) is 6.92 Å². The third-order valence-electron chi connectivity index (χ3n) is 4.08. The summed E-state index contributed by atoms with van der Waals surface area (Å²) in [6, 6.07) is 0. The third kappa shape index (κ3) is 11.2. The molecule has 0 bridgehead atoms. The monoisotopic (exact) mass is 408 g/mol. The molecule has 0 aromatic rings. The lowest BCUT2D eigenvalue weighted by Gasteiger charge is -2.27. The molecule has 2 N–H and O–H groups in total. The van der Waals surface area contributed by atoms with Gasteiger partial charge in [-0.05, 0) is 19.3 Å². The highest BCUT2D eigenvalue weighted by atomic mass is 31.2. The molecule has 10 heteroatoms. The van der Waals surface area contributed by atoms with E-state index in [4.69, 9.17) is 13.8 Å². The Labute approximate surface area is 161 Å². The number of hydrogen-bond acceptors (Lipinski definition) is 6. The van der Waals surface area contributed by atoms with Crippen LogP contribution in [0.25, 0.3) is 0 Å². The van der Waals surface area contributed by atoms with Gasteiger partial charge in [0, 0.05) is 19.3 Å². The van der Waals surface area contributed by atoms with Crippen LogP contribution < -0.4 is 5.32 Å². The van der Waals surface area contributed by atoms with Gasteiger partial charge in [-0.3, -0.25) is 23.5 Å². The predicted octanol–water partition coefficient (Wildman–Crippen LogP) is 2.42. The van der Waals surface area contributed by atoms with Crippen molar-refractivity contribution in [2.75, 3.05) is 20.3 Å². The first-order valence-electron chi connectivity index (χ1n) is 9.12. The van der Waals surface area contributed by atoms with Crippen molar-refractivity contribution in [3.63, 3.8) is 0 Å². The second-order valence-electron chi connectivity index (χ2n) is 5.99. The lowest BCUT2D eigenvalue weighted by molar-refractivity contribution is -0.133. The molecule has 3 atom stereocenters. The Bertz CT molecular complexity index is 512. The Morgan fingerprint density at radius 2 is 1.78 bits per heavy atom. The van der Waals surface area contributed by atoms with Gasteiger partial charge in [-0.25, -0.2) is 4.57 Å². The maximum absolute atomic E-state index is 12.0. The third-order valence-corrected chi connectivity index (χ3v) is 5.03. The molecule has 0 aliphatic rings. The predicted molar refractivity (Wildman–Crippen MR) is 102 cm³/mol. The molecule has 0 aromatic heterocycles. The first kappa shape index (κ1) is 25.8. The summed E-state index contributed by atoms with van der Waals surface area (Å²) in [7, 11) is -2.70. The zero-order valence-corrected chi connectivity index (χ0v) is 17.7. The summed E-state index contributed by atoms with van der Waals surface area (Å²) in [4.78, 5) is 33.4. The lowest BCUT2D eigenvalue weighted by atomic mass is 10.1. The summed E-state index contributed by atoms with van der Waals surface area (Å²) >= 11 is 0. The minimum atomic E-state index is -4.17. The molecule has 0 saturated carbocycles. The number of carbonyl (C=O) groups excluding carboxylic acids is 2. The summed E-state index contributed by atoms with van der Waals surface area (Å²) < 4.78 is 27.7. The van der Waals surface area contributed by atoms with E-state index in [1.807, 2.05) is 20.8 Å². The zero-order valence-electron chi connectivity index (χ0n) is 16.8. The van der Waals surface area contributed by atoms with E-state index in [2.05, 4.69) is 5.32 Å². The van der Waals surface area contributed by atoms with Gasteiger partial charge in [0.1, 0.15) is 6.23 Å². The molecular formula is C17H33N2O7P. The van der Waals surface area contributed by atoms with Crippen LogP contribution in [0.3, 0.4) is 0 Å². The van der Waals surface area contributed by atoms with Gasteiger partial charge >= 0.3 is 7.82 Å². The molecule has 0 aliphatic heterocycles. The van der Waals surface area contributed by atoms with Gasteiger partial charge in [0.05, 0.1) is 19.3 Å². The van der Waals surface area contributed by atoms with Crippen LogP contribution in [0.2, 0.25) is 0 Å². The van der Waals surface area contributed by atoms with Crippen LogP contribution in [0.15, 0.2) is 12.3 Å². The molecular weight excluding hydrogens is 375 g/mol. The molecule has 0 aliphatic carbocycles. The van der Waals surface area contributed by atoms with Crippen LogP contribution in [0.5, 0.6) is 0 Å². The molecule has 0 radical (unpaired) electrons. The van der Waals surface area contributed by atoms with Crippen LogP contribution in [0, 0.1) is 5.92 Å². The minimum Gasteiger partial charge on any atom is -0.356 e. The quantitative estimate of drug-likeness (QED) is 0.185. The Kier molecular flexibility index (Phi) is 13.2. The Morgan fingerprint density at radius 1 is 1.19 bits per heavy atom. The van der Waals surface area contributed by atoms with E-state index in [0.29, 0.717) is 12.8 Å². The summed E-state index contributed by atoms with van der Waals surface area (Å²) in [5.74, 6) is -0.166. The van der Waals surface area contributed by atoms with Crippen LogP contribution in [0.4, 0.5) is 0 Å². The molecule has 27 heavy (non-hydrogen) atoms. The van der Waals surface area contributed by atoms with Crippen molar-refractivity contribution >= 4 is 20.1 Å². The van der Waals surface area contributed by atoms with Gasteiger partial charge in [-0.2, -0.15) is 0 Å². The van der Waals surface area contributed by atoms with Crippen LogP contribution >= 0.6 is 7.82 Å². The van der Waals surface area contributed by atoms with Crippen LogP contribution in [-0.4, -0.2) is 54.7 Å². The fraction of sp³-hybridized carbons (Fsp3) is 0.765. The molecule has 0 rings (SSSR count). The van der Waals surface area contributed by atoms with E-state index in [9.17, 15) is 19.0 Å². The van der Waals surface area contributed by atoms with Gasteiger partial charge in [-0.15, -0.1) is 0 Å². The fourth-order valence-electron chi connectivity index (χ4n) is 2.02. The molecule has 0 aromatic carbocycles. The number of nitrogens with one attached hydrogen (secondary N) is 1. The van der Waals surface area contributed by atoms with E-state index in [1.165, 1.54) is 24.2 Å². The molecule has 2 amide bonds. The van der Waals surface area contributed by atoms with Crippen LogP contribution in [-0.2, 0) is 27.9 Å². The normalized spacial score (nSPS) is 16.1. The fourth-order valence-corrected chi connectivity index (χ4v) is 2.85. The highest BCUT2D eigenvalue weighted by molar-refractivity contribution is 7.47. The molecule has 158 valence electrons. The maximum atomic E-state index is 12.0. The average molecular weight is 408 g/mol. The van der Waals surface area contributed by atoms with Crippen molar-refractivity contribution < 1.29 is 32.8 Å². The second-order valence-corrected chi connectivity index (χ2v) is 7.44. The largest absolute Gasteiger partial charge is 0.472 e. The standard InChI is InChI=1S/C17H33N2O7P/c1-6-15(7-2)11-24-27(22,23)25-12-16(8-3)26-14(4)19(13-20)10-9-17(21)18-5/h9-10,13-16H,6-8,11-12H2,1-5H3,(H,18,21)(H,22,23)/b10-9-/t14-,16?/m1/s1. The number of hydrogen-bond donors (Lipinski definition) is 2. The highest BCUT2D eigenvalue weighted by Crippen LogP contribution is 2.44. The number of phosphoric ester groups is 1. The number of nitrogens with zero attached hydrogens (tertiary/aromatic N) is 1. The van der Waals surface area contributed by atoms with Gasteiger partial charge in [0.2, 0.25) is 12.3 Å². The zero-order chi connectivity index (χ0) is 20.9. The van der Waals surface area contributed by atoms with Crippen LogP contribution in [0.1, 0.15) is 47.0 Å². The van der Waals surface area contributed by atoms with Crippen molar-refractivity contribution in [3.05, 3.63) is 12.3 Å². The van der Waals surface area contributed by atoms with E-state index < -0.39 is 20.2 Å². The number of phosphoric acid groups is 1. The summed E-state index contributed by atoms with van der Waals surface area (Å²) in [6.45, 7) is 7.40. The van der Waals surface area contributed by atoms with Crippen molar-refractivity contribution in [2.45, 2.75) is 59.3 Å². The number of carbonyl (C=O) groups is 2. The first-order chi connectivity index (χ1) is 12.7. The van der Waals surface area contributed by atoms with Crippen molar-refractivity contribution in [2.24, 2.45) is 5.92 Å². The topological polar surface area (TPSA) is 114 Å². The van der Waals surface area contributed by atoms with E-state index >= 15 is 0 Å². The van der Waals surface area contributed by atoms with E-state index in [-0.39, 0.29) is 25.0 Å². The first-order valence-corrected chi connectivity index (χ1v) is 10.6. The SMILES string of the molecule is CCC(CC)COP(=O)(O)OCC(CC)O[C@H](C)N(C=O)/C=C\C(=O)NC. The summed E-state index contributed by atoms with van der Waals surface area (Å²) in [6.07, 6.45) is 3.96. The smallest absolute Gasteiger partial charge is 0.356 e. The molecule has 0 fully saturated rings. The number of likely N-dealkylation sites (N-methyl/N-ethyl adjacent to an activating group) is 1. The Hall–Kier alpha value is -1.25. The summed E-state index contributed by atoms with van der Waals surface area (Å²) in [5, 5.41) is 2.40. The highest BCUT2D eigenvalue weighted by Gasteiger charge is 2.25. The average Bonchev–Trinajstić information content (AvgIpc) is 2.65. The lowest BCUT2D eigenvalue weighted by Crippen LogP contribution is -2.35. The van der Waals surface area contributed by atoms with Gasteiger partial charge in [-0.1, -0.05) is 33.6 Å². The van der Waals surface area contributed by atoms with Gasteiger partial charge < -0.3 is 14.9 Å².